The molecule has 0 spiro atoms. The number of hydrogen-bond donors (Lipinski definition) is 3. The SMILES string of the molecule is C[C@H]1[C@H](O)[C@@H](CO)O[C@H]1c1cc(C#N)c2c(N)ncnn12. The molecule has 21 heavy (non-hydrogen) atoms. The van der Waals surface area contributed by atoms with Gasteiger partial charge in [-0.05, 0) is 6.07 Å². The minimum absolute atomic E-state index is 0.206. The van der Waals surface area contributed by atoms with Crippen LogP contribution < -0.4 is 5.73 Å². The van der Waals surface area contributed by atoms with Gasteiger partial charge in [0.1, 0.15) is 30.1 Å². The fourth-order valence-corrected chi connectivity index (χ4v) is 2.78. The zero-order valence-electron chi connectivity index (χ0n) is 11.3. The maximum atomic E-state index is 10.1. The van der Waals surface area contributed by atoms with Gasteiger partial charge in [0.2, 0.25) is 0 Å². The summed E-state index contributed by atoms with van der Waals surface area (Å²) in [5, 5.41) is 32.6. The fraction of sp³-hybridized carbons (Fsp3) is 0.462. The molecule has 0 unspecified atom stereocenters. The summed E-state index contributed by atoms with van der Waals surface area (Å²) in [6.45, 7) is 1.55. The second-order valence-electron chi connectivity index (χ2n) is 5.13. The van der Waals surface area contributed by atoms with E-state index < -0.39 is 18.3 Å². The zero-order valence-corrected chi connectivity index (χ0v) is 11.3. The lowest BCUT2D eigenvalue weighted by atomic mass is 9.96. The predicted octanol–water partition coefficient (Wildman–Crippen LogP) is -0.388. The fourth-order valence-electron chi connectivity index (χ4n) is 2.78. The molecule has 3 rings (SSSR count). The molecular formula is C13H15N5O3. The van der Waals surface area contributed by atoms with Crippen LogP contribution in [0.15, 0.2) is 12.4 Å². The van der Waals surface area contributed by atoms with Crippen LogP contribution in [0.2, 0.25) is 0 Å². The monoisotopic (exact) mass is 289 g/mol. The quantitative estimate of drug-likeness (QED) is 0.686. The van der Waals surface area contributed by atoms with Crippen molar-refractivity contribution in [2.45, 2.75) is 25.2 Å². The van der Waals surface area contributed by atoms with Crippen molar-refractivity contribution in [3.8, 4) is 6.07 Å². The first-order valence-corrected chi connectivity index (χ1v) is 6.55. The van der Waals surface area contributed by atoms with Crippen LogP contribution in [0.4, 0.5) is 5.82 Å². The van der Waals surface area contributed by atoms with Gasteiger partial charge in [-0.3, -0.25) is 0 Å². The minimum atomic E-state index is -0.782. The van der Waals surface area contributed by atoms with E-state index in [2.05, 4.69) is 16.2 Å². The normalized spacial score (nSPS) is 28.9. The Bertz CT molecular complexity index is 722. The van der Waals surface area contributed by atoms with Crippen LogP contribution in [0.5, 0.6) is 0 Å². The maximum absolute atomic E-state index is 10.1. The Morgan fingerprint density at radius 2 is 2.33 bits per heavy atom. The van der Waals surface area contributed by atoms with Gasteiger partial charge in [-0.15, -0.1) is 0 Å². The number of nitriles is 1. The summed E-state index contributed by atoms with van der Waals surface area (Å²) in [7, 11) is 0. The number of anilines is 1. The molecule has 0 bridgehead atoms. The molecule has 3 heterocycles. The average Bonchev–Trinajstić information content (AvgIpc) is 2.99. The molecule has 0 radical (unpaired) electrons. The summed E-state index contributed by atoms with van der Waals surface area (Å²) in [6.07, 6.45) is -0.622. The molecule has 4 N–H and O–H groups in total. The lowest BCUT2D eigenvalue weighted by Crippen LogP contribution is -2.27. The van der Waals surface area contributed by atoms with E-state index in [1.807, 2.05) is 6.92 Å². The van der Waals surface area contributed by atoms with E-state index in [1.165, 1.54) is 10.8 Å². The molecule has 4 atom stereocenters. The Hall–Kier alpha value is -2.21. The number of nitrogen functional groups attached to an aromatic ring is 1. The Balaban J connectivity index is 2.14. The van der Waals surface area contributed by atoms with Crippen molar-refractivity contribution in [1.29, 1.82) is 5.26 Å². The Morgan fingerprint density at radius 1 is 1.57 bits per heavy atom. The number of fused-ring (bicyclic) bond motifs is 1. The summed E-state index contributed by atoms with van der Waals surface area (Å²) in [4.78, 5) is 3.89. The first kappa shape index (κ1) is 13.8. The molecular weight excluding hydrogens is 274 g/mol. The number of aliphatic hydroxyl groups excluding tert-OH is 2. The van der Waals surface area contributed by atoms with E-state index in [-0.39, 0.29) is 18.3 Å². The topological polar surface area (TPSA) is 130 Å². The molecule has 2 aromatic rings. The number of ether oxygens (including phenoxy) is 1. The van der Waals surface area contributed by atoms with Gasteiger partial charge in [-0.2, -0.15) is 10.4 Å². The third-order valence-electron chi connectivity index (χ3n) is 3.92. The van der Waals surface area contributed by atoms with Crippen LogP contribution >= 0.6 is 0 Å². The molecule has 0 aromatic carbocycles. The van der Waals surface area contributed by atoms with E-state index in [0.717, 1.165) is 0 Å². The van der Waals surface area contributed by atoms with Gasteiger partial charge in [0.15, 0.2) is 5.82 Å². The van der Waals surface area contributed by atoms with Gasteiger partial charge < -0.3 is 20.7 Å². The predicted molar refractivity (Wildman–Crippen MR) is 72.0 cm³/mol. The Labute approximate surface area is 120 Å². The van der Waals surface area contributed by atoms with Crippen LogP contribution in [0, 0.1) is 17.2 Å². The second kappa shape index (κ2) is 4.96. The summed E-state index contributed by atoms with van der Waals surface area (Å²) in [5.74, 6) is -0.0410. The summed E-state index contributed by atoms with van der Waals surface area (Å²) in [5.41, 5.74) is 7.19. The van der Waals surface area contributed by atoms with E-state index in [1.54, 1.807) is 6.07 Å². The molecule has 1 aliphatic heterocycles. The van der Waals surface area contributed by atoms with Crippen molar-refractivity contribution in [3.05, 3.63) is 23.7 Å². The van der Waals surface area contributed by atoms with Crippen LogP contribution in [0.25, 0.3) is 5.52 Å². The van der Waals surface area contributed by atoms with E-state index in [4.69, 9.17) is 10.5 Å². The second-order valence-corrected chi connectivity index (χ2v) is 5.13. The summed E-state index contributed by atoms with van der Waals surface area (Å²) < 4.78 is 7.20. The highest BCUT2D eigenvalue weighted by Gasteiger charge is 2.42. The number of nitrogens with two attached hydrogens (primary N) is 1. The van der Waals surface area contributed by atoms with Crippen LogP contribution in [0.3, 0.4) is 0 Å². The molecule has 0 amide bonds. The molecule has 110 valence electrons. The minimum Gasteiger partial charge on any atom is -0.394 e. The molecule has 0 aliphatic carbocycles. The first-order chi connectivity index (χ1) is 10.1. The van der Waals surface area contributed by atoms with Crippen molar-refractivity contribution >= 4 is 11.3 Å². The van der Waals surface area contributed by atoms with Crippen LogP contribution in [-0.2, 0) is 4.74 Å². The van der Waals surface area contributed by atoms with Crippen molar-refractivity contribution < 1.29 is 14.9 Å². The lowest BCUT2D eigenvalue weighted by Gasteiger charge is -2.15. The van der Waals surface area contributed by atoms with E-state index in [0.29, 0.717) is 16.8 Å². The van der Waals surface area contributed by atoms with Gasteiger partial charge in [-0.25, -0.2) is 9.50 Å². The van der Waals surface area contributed by atoms with Gasteiger partial charge in [0.25, 0.3) is 0 Å². The number of hydrogen-bond acceptors (Lipinski definition) is 7. The highest BCUT2D eigenvalue weighted by Crippen LogP contribution is 2.39. The third-order valence-corrected chi connectivity index (χ3v) is 3.92. The smallest absolute Gasteiger partial charge is 0.152 e. The van der Waals surface area contributed by atoms with Gasteiger partial charge >= 0.3 is 0 Å². The van der Waals surface area contributed by atoms with E-state index in [9.17, 15) is 15.5 Å². The molecule has 1 saturated heterocycles. The largest absolute Gasteiger partial charge is 0.394 e. The first-order valence-electron chi connectivity index (χ1n) is 6.55. The molecule has 0 saturated carbocycles. The number of aromatic nitrogens is 3. The zero-order chi connectivity index (χ0) is 15.1. The van der Waals surface area contributed by atoms with E-state index >= 15 is 0 Å². The summed E-state index contributed by atoms with van der Waals surface area (Å²) in [6, 6.07) is 3.69. The average molecular weight is 289 g/mol. The lowest BCUT2D eigenvalue weighted by molar-refractivity contribution is -0.0240. The molecule has 1 fully saturated rings. The number of rotatable bonds is 2. The van der Waals surface area contributed by atoms with Crippen molar-refractivity contribution in [3.63, 3.8) is 0 Å². The van der Waals surface area contributed by atoms with Gasteiger partial charge in [0, 0.05) is 5.92 Å². The summed E-state index contributed by atoms with van der Waals surface area (Å²) >= 11 is 0. The van der Waals surface area contributed by atoms with Crippen LogP contribution in [0.1, 0.15) is 24.3 Å². The van der Waals surface area contributed by atoms with Gasteiger partial charge in [0.05, 0.1) is 24.0 Å². The van der Waals surface area contributed by atoms with Gasteiger partial charge in [-0.1, -0.05) is 6.92 Å². The van der Waals surface area contributed by atoms with Crippen molar-refractivity contribution in [2.24, 2.45) is 5.92 Å². The maximum Gasteiger partial charge on any atom is 0.152 e. The number of nitrogens with zero attached hydrogens (tertiary/aromatic N) is 4. The highest BCUT2D eigenvalue weighted by molar-refractivity contribution is 5.74. The highest BCUT2D eigenvalue weighted by atomic mass is 16.5. The standard InChI is InChI=1S/C13H15N5O3/c1-6-11(20)9(4-19)21-12(6)8-2-7(3-14)10-13(15)16-5-17-18(8)10/h2,5-6,9,11-12,19-20H,4H2,1H3,(H2,15,16,17)/t6-,9+,11-,12+/m0/s1. The van der Waals surface area contributed by atoms with Crippen LogP contribution in [-0.4, -0.2) is 43.6 Å². The number of aliphatic hydroxyl groups is 2. The Morgan fingerprint density at radius 3 is 2.95 bits per heavy atom. The molecule has 8 nitrogen and oxygen atoms in total. The molecule has 2 aromatic heterocycles. The third kappa shape index (κ3) is 1.94. The van der Waals surface area contributed by atoms with Crippen molar-refractivity contribution in [2.75, 3.05) is 12.3 Å². The molecule has 8 heteroatoms. The molecule has 1 aliphatic rings. The van der Waals surface area contributed by atoms with Crippen molar-refractivity contribution in [1.82, 2.24) is 14.6 Å². The Kier molecular flexibility index (Phi) is 3.25.